The summed E-state index contributed by atoms with van der Waals surface area (Å²) in [6.45, 7) is 2.78. The molecule has 0 aromatic carbocycles. The number of rotatable bonds is 3. The van der Waals surface area contributed by atoms with Gasteiger partial charge in [0.1, 0.15) is 0 Å². The van der Waals surface area contributed by atoms with Crippen LogP contribution >= 0.6 is 0 Å². The summed E-state index contributed by atoms with van der Waals surface area (Å²) in [5, 5.41) is 6.39. The van der Waals surface area contributed by atoms with Crippen molar-refractivity contribution >= 4 is 5.91 Å². The Morgan fingerprint density at radius 3 is 3.00 bits per heavy atom. The van der Waals surface area contributed by atoms with Crippen LogP contribution in [0.2, 0.25) is 0 Å². The predicted molar refractivity (Wildman–Crippen MR) is 65.1 cm³/mol. The Hall–Kier alpha value is -0.830. The number of nitrogens with one attached hydrogen (secondary N) is 2. The van der Waals surface area contributed by atoms with Crippen molar-refractivity contribution in [3.63, 3.8) is 0 Å². The summed E-state index contributed by atoms with van der Waals surface area (Å²) in [7, 11) is 0. The lowest BCUT2D eigenvalue weighted by Gasteiger charge is -2.24. The second-order valence-electron chi connectivity index (χ2n) is 4.94. The van der Waals surface area contributed by atoms with Crippen LogP contribution in [0, 0.1) is 11.8 Å². The smallest absolute Gasteiger partial charge is 0.224 e. The van der Waals surface area contributed by atoms with Crippen LogP contribution in [0.5, 0.6) is 0 Å². The Labute approximate surface area is 97.7 Å². The topological polar surface area (TPSA) is 41.1 Å². The normalized spacial score (nSPS) is 30.0. The zero-order chi connectivity index (χ0) is 11.2. The summed E-state index contributed by atoms with van der Waals surface area (Å²) in [6, 6.07) is 0. The highest BCUT2D eigenvalue weighted by molar-refractivity contribution is 5.78. The largest absolute Gasteiger partial charge is 0.356 e. The van der Waals surface area contributed by atoms with Gasteiger partial charge in [0.25, 0.3) is 0 Å². The molecule has 0 aromatic rings. The molecule has 0 spiro atoms. The fraction of sp³-hybridized carbons (Fsp3) is 0.769. The maximum Gasteiger partial charge on any atom is 0.224 e. The van der Waals surface area contributed by atoms with E-state index in [1.165, 1.54) is 12.8 Å². The minimum atomic E-state index is 0.202. The lowest BCUT2D eigenvalue weighted by Crippen LogP contribution is -2.42. The molecule has 3 nitrogen and oxygen atoms in total. The maximum absolute atomic E-state index is 11.9. The van der Waals surface area contributed by atoms with Crippen molar-refractivity contribution in [3.8, 4) is 0 Å². The summed E-state index contributed by atoms with van der Waals surface area (Å²) in [4.78, 5) is 11.9. The van der Waals surface area contributed by atoms with E-state index in [0.717, 1.165) is 38.9 Å². The number of carbonyl (C=O) groups is 1. The van der Waals surface area contributed by atoms with Crippen molar-refractivity contribution in [2.45, 2.75) is 32.1 Å². The molecule has 2 N–H and O–H groups in total. The van der Waals surface area contributed by atoms with Crippen LogP contribution in [-0.4, -0.2) is 25.5 Å². The standard InChI is InChI=1S/C13H22N2O/c16-13(12-7-4-8-14-10-12)15-9-11-5-2-1-3-6-11/h1-2,11-12,14H,3-10H2,(H,15,16). The molecule has 0 radical (unpaired) electrons. The van der Waals surface area contributed by atoms with Gasteiger partial charge in [0.2, 0.25) is 5.91 Å². The molecule has 90 valence electrons. The summed E-state index contributed by atoms with van der Waals surface area (Å²) >= 11 is 0. The molecule has 2 rings (SSSR count). The van der Waals surface area contributed by atoms with E-state index >= 15 is 0 Å². The van der Waals surface area contributed by atoms with E-state index in [9.17, 15) is 4.79 Å². The van der Waals surface area contributed by atoms with Gasteiger partial charge in [-0.25, -0.2) is 0 Å². The van der Waals surface area contributed by atoms with Crippen LogP contribution in [-0.2, 0) is 4.79 Å². The quantitative estimate of drug-likeness (QED) is 0.710. The Morgan fingerprint density at radius 1 is 1.38 bits per heavy atom. The number of carbonyl (C=O) groups excluding carboxylic acids is 1. The molecule has 2 atom stereocenters. The van der Waals surface area contributed by atoms with Crippen molar-refractivity contribution in [2.75, 3.05) is 19.6 Å². The van der Waals surface area contributed by atoms with Crippen molar-refractivity contribution in [3.05, 3.63) is 12.2 Å². The first-order valence-corrected chi connectivity index (χ1v) is 6.49. The minimum absolute atomic E-state index is 0.202. The first-order valence-electron chi connectivity index (χ1n) is 6.49. The van der Waals surface area contributed by atoms with Crippen LogP contribution in [0.3, 0.4) is 0 Å². The average Bonchev–Trinajstić information content (AvgIpc) is 2.38. The molecular weight excluding hydrogens is 200 g/mol. The van der Waals surface area contributed by atoms with Gasteiger partial charge >= 0.3 is 0 Å². The Kier molecular flexibility index (Phi) is 4.40. The van der Waals surface area contributed by atoms with Gasteiger partial charge in [-0.2, -0.15) is 0 Å². The Balaban J connectivity index is 1.68. The van der Waals surface area contributed by atoms with Gasteiger partial charge in [-0.15, -0.1) is 0 Å². The Morgan fingerprint density at radius 2 is 2.31 bits per heavy atom. The molecule has 1 heterocycles. The minimum Gasteiger partial charge on any atom is -0.356 e. The molecule has 0 aromatic heterocycles. The van der Waals surface area contributed by atoms with Gasteiger partial charge < -0.3 is 10.6 Å². The van der Waals surface area contributed by atoms with Gasteiger partial charge in [0.05, 0.1) is 5.92 Å². The molecule has 2 unspecified atom stereocenters. The van der Waals surface area contributed by atoms with Gasteiger partial charge in [0, 0.05) is 13.1 Å². The average molecular weight is 222 g/mol. The highest BCUT2D eigenvalue weighted by atomic mass is 16.1. The van der Waals surface area contributed by atoms with Gasteiger partial charge in [-0.3, -0.25) is 4.79 Å². The molecule has 1 saturated heterocycles. The lowest BCUT2D eigenvalue weighted by atomic mass is 9.93. The van der Waals surface area contributed by atoms with Crippen molar-refractivity contribution in [2.24, 2.45) is 11.8 Å². The molecule has 1 fully saturated rings. The fourth-order valence-corrected chi connectivity index (χ4v) is 2.51. The predicted octanol–water partition coefficient (Wildman–Crippen LogP) is 1.46. The van der Waals surface area contributed by atoms with Gasteiger partial charge in [0.15, 0.2) is 0 Å². The monoisotopic (exact) mass is 222 g/mol. The molecule has 3 heteroatoms. The third-order valence-electron chi connectivity index (χ3n) is 3.61. The number of allylic oxidation sites excluding steroid dienone is 2. The SMILES string of the molecule is O=C(NCC1CC=CCC1)C1CCCNC1. The van der Waals surface area contributed by atoms with Crippen LogP contribution in [0.25, 0.3) is 0 Å². The number of hydrogen-bond donors (Lipinski definition) is 2. The molecule has 0 bridgehead atoms. The van der Waals surface area contributed by atoms with Gasteiger partial charge in [-0.05, 0) is 44.6 Å². The van der Waals surface area contributed by atoms with Gasteiger partial charge in [-0.1, -0.05) is 12.2 Å². The number of piperidine rings is 1. The van der Waals surface area contributed by atoms with Crippen LogP contribution < -0.4 is 10.6 Å². The van der Waals surface area contributed by atoms with Crippen LogP contribution in [0.4, 0.5) is 0 Å². The molecule has 16 heavy (non-hydrogen) atoms. The van der Waals surface area contributed by atoms with Crippen LogP contribution in [0.1, 0.15) is 32.1 Å². The van der Waals surface area contributed by atoms with Crippen LogP contribution in [0.15, 0.2) is 12.2 Å². The zero-order valence-corrected chi connectivity index (χ0v) is 9.87. The summed E-state index contributed by atoms with van der Waals surface area (Å²) in [6.07, 6.45) is 10.2. The molecule has 1 aliphatic carbocycles. The second-order valence-corrected chi connectivity index (χ2v) is 4.94. The van der Waals surface area contributed by atoms with Crippen molar-refractivity contribution in [1.29, 1.82) is 0 Å². The Bertz CT molecular complexity index is 257. The number of amides is 1. The summed E-state index contributed by atoms with van der Waals surface area (Å²) in [5.41, 5.74) is 0. The molecular formula is C13H22N2O. The first kappa shape index (κ1) is 11.6. The zero-order valence-electron chi connectivity index (χ0n) is 9.87. The van der Waals surface area contributed by atoms with E-state index < -0.39 is 0 Å². The van der Waals surface area contributed by atoms with Crippen molar-refractivity contribution < 1.29 is 4.79 Å². The molecule has 2 aliphatic rings. The summed E-state index contributed by atoms with van der Waals surface area (Å²) < 4.78 is 0. The molecule has 1 amide bonds. The third kappa shape index (κ3) is 3.34. The highest BCUT2D eigenvalue weighted by Crippen LogP contribution is 2.17. The molecule has 0 saturated carbocycles. The maximum atomic E-state index is 11.9. The third-order valence-corrected chi connectivity index (χ3v) is 3.61. The number of hydrogen-bond acceptors (Lipinski definition) is 2. The van der Waals surface area contributed by atoms with Crippen molar-refractivity contribution in [1.82, 2.24) is 10.6 Å². The highest BCUT2D eigenvalue weighted by Gasteiger charge is 2.21. The summed E-state index contributed by atoms with van der Waals surface area (Å²) in [5.74, 6) is 1.11. The van der Waals surface area contributed by atoms with E-state index in [4.69, 9.17) is 0 Å². The second kappa shape index (κ2) is 6.04. The first-order chi connectivity index (χ1) is 7.86. The van der Waals surface area contributed by atoms with E-state index in [0.29, 0.717) is 5.92 Å². The fourth-order valence-electron chi connectivity index (χ4n) is 2.51. The van der Waals surface area contributed by atoms with E-state index in [1.54, 1.807) is 0 Å². The van der Waals surface area contributed by atoms with E-state index in [-0.39, 0.29) is 11.8 Å². The van der Waals surface area contributed by atoms with E-state index in [2.05, 4.69) is 22.8 Å². The lowest BCUT2D eigenvalue weighted by molar-refractivity contribution is -0.125. The van der Waals surface area contributed by atoms with E-state index in [1.807, 2.05) is 0 Å². The molecule has 1 aliphatic heterocycles.